The number of benzene rings is 2. The number of rotatable bonds is 5. The van der Waals surface area contributed by atoms with Crippen LogP contribution in [-0.2, 0) is 10.0 Å². The lowest BCUT2D eigenvalue weighted by Gasteiger charge is -2.34. The van der Waals surface area contributed by atoms with Crippen LogP contribution in [0.2, 0.25) is 0 Å². The number of piperidine rings is 1. The van der Waals surface area contributed by atoms with Gasteiger partial charge in [-0.25, -0.2) is 8.42 Å². The number of carbonyl (C=O) groups is 1. The number of H-pyrrole nitrogens is 1. The van der Waals surface area contributed by atoms with E-state index in [9.17, 15) is 13.2 Å². The van der Waals surface area contributed by atoms with E-state index < -0.39 is 10.0 Å². The van der Waals surface area contributed by atoms with Crippen LogP contribution in [0, 0.1) is 11.8 Å². The lowest BCUT2D eigenvalue weighted by Crippen LogP contribution is -2.42. The minimum Gasteiger partial charge on any atom is -0.322 e. The van der Waals surface area contributed by atoms with E-state index in [1.165, 1.54) is 10.4 Å². The molecule has 0 aliphatic carbocycles. The van der Waals surface area contributed by atoms with Gasteiger partial charge in [0.1, 0.15) is 0 Å². The van der Waals surface area contributed by atoms with Gasteiger partial charge in [0.25, 0.3) is 5.91 Å². The van der Waals surface area contributed by atoms with Gasteiger partial charge in [-0.1, -0.05) is 32.0 Å². The normalized spacial score (nSPS) is 19.8. The van der Waals surface area contributed by atoms with Crippen LogP contribution in [0.1, 0.15) is 30.6 Å². The van der Waals surface area contributed by atoms with Crippen molar-refractivity contribution in [2.24, 2.45) is 11.8 Å². The van der Waals surface area contributed by atoms with E-state index in [2.05, 4.69) is 29.4 Å². The maximum absolute atomic E-state index is 13.2. The van der Waals surface area contributed by atoms with E-state index in [1.807, 2.05) is 24.3 Å². The molecule has 2 heterocycles. The number of aromatic amines is 1. The molecule has 1 aromatic heterocycles. The highest BCUT2D eigenvalue weighted by atomic mass is 32.2. The minimum absolute atomic E-state index is 0.146. The Hall–Kier alpha value is -2.97. The molecule has 7 nitrogen and oxygen atoms in total. The van der Waals surface area contributed by atoms with E-state index in [1.54, 1.807) is 30.5 Å². The summed E-state index contributed by atoms with van der Waals surface area (Å²) < 4.78 is 27.9. The van der Waals surface area contributed by atoms with Crippen molar-refractivity contribution in [1.29, 1.82) is 0 Å². The summed E-state index contributed by atoms with van der Waals surface area (Å²) in [4.78, 5) is 13.0. The Morgan fingerprint density at radius 3 is 2.52 bits per heavy atom. The fraction of sp³-hybridized carbons (Fsp3) is 0.304. The molecule has 0 spiro atoms. The van der Waals surface area contributed by atoms with Gasteiger partial charge in [-0.3, -0.25) is 9.89 Å². The minimum atomic E-state index is -3.65. The summed E-state index contributed by atoms with van der Waals surface area (Å²) in [5.74, 6) is 0.263. The predicted octanol–water partition coefficient (Wildman–Crippen LogP) is 4.00. The van der Waals surface area contributed by atoms with Crippen LogP contribution in [0.15, 0.2) is 65.7 Å². The quantitative estimate of drug-likeness (QED) is 0.630. The summed E-state index contributed by atoms with van der Waals surface area (Å²) in [7, 11) is -3.65. The van der Waals surface area contributed by atoms with Crippen LogP contribution in [0.3, 0.4) is 0 Å². The second-order valence-electron chi connectivity index (χ2n) is 8.30. The number of nitrogens with zero attached hydrogens (tertiary/aromatic N) is 2. The first-order valence-electron chi connectivity index (χ1n) is 10.3. The van der Waals surface area contributed by atoms with Crippen molar-refractivity contribution in [2.45, 2.75) is 25.2 Å². The molecule has 0 bridgehead atoms. The number of carbonyl (C=O) groups excluding carboxylic acids is 1. The highest BCUT2D eigenvalue weighted by molar-refractivity contribution is 7.89. The fourth-order valence-electron chi connectivity index (χ4n) is 4.13. The Balaban J connectivity index is 1.54. The molecular weight excluding hydrogens is 412 g/mol. The van der Waals surface area contributed by atoms with E-state index in [4.69, 9.17) is 0 Å². The Morgan fingerprint density at radius 2 is 1.81 bits per heavy atom. The second-order valence-corrected chi connectivity index (χ2v) is 10.2. The Bertz CT molecular complexity index is 1170. The van der Waals surface area contributed by atoms with Crippen LogP contribution in [0.25, 0.3) is 11.3 Å². The smallest absolute Gasteiger partial charge is 0.255 e. The van der Waals surface area contributed by atoms with E-state index in [0.29, 0.717) is 36.2 Å². The van der Waals surface area contributed by atoms with Crippen molar-refractivity contribution >= 4 is 21.6 Å². The first kappa shape index (κ1) is 21.3. The molecule has 162 valence electrons. The van der Waals surface area contributed by atoms with Gasteiger partial charge >= 0.3 is 0 Å². The lowest BCUT2D eigenvalue weighted by molar-refractivity contribution is 0.102. The molecule has 1 saturated heterocycles. The third kappa shape index (κ3) is 4.70. The third-order valence-corrected chi connectivity index (χ3v) is 7.33. The van der Waals surface area contributed by atoms with Crippen LogP contribution < -0.4 is 5.32 Å². The average molecular weight is 439 g/mol. The predicted molar refractivity (Wildman–Crippen MR) is 120 cm³/mol. The molecule has 1 amide bonds. The number of hydrogen-bond donors (Lipinski definition) is 2. The molecule has 2 atom stereocenters. The summed E-state index contributed by atoms with van der Waals surface area (Å²) >= 11 is 0. The van der Waals surface area contributed by atoms with E-state index in [0.717, 1.165) is 17.7 Å². The molecule has 0 radical (unpaired) electrons. The van der Waals surface area contributed by atoms with Gasteiger partial charge in [0.15, 0.2) is 0 Å². The van der Waals surface area contributed by atoms with Gasteiger partial charge in [0, 0.05) is 36.1 Å². The van der Waals surface area contributed by atoms with E-state index >= 15 is 0 Å². The van der Waals surface area contributed by atoms with Crippen LogP contribution in [-0.4, -0.2) is 41.9 Å². The van der Waals surface area contributed by atoms with Crippen molar-refractivity contribution in [3.63, 3.8) is 0 Å². The molecule has 1 aliphatic rings. The summed E-state index contributed by atoms with van der Waals surface area (Å²) in [6.45, 7) is 5.14. The third-order valence-electron chi connectivity index (χ3n) is 5.50. The number of anilines is 1. The fourth-order valence-corrected chi connectivity index (χ4v) is 5.86. The van der Waals surface area contributed by atoms with Gasteiger partial charge in [-0.05, 0) is 54.7 Å². The highest BCUT2D eigenvalue weighted by Gasteiger charge is 2.32. The van der Waals surface area contributed by atoms with E-state index in [-0.39, 0.29) is 10.8 Å². The Labute approximate surface area is 182 Å². The van der Waals surface area contributed by atoms with Crippen molar-refractivity contribution in [3.05, 3.63) is 66.4 Å². The second kappa shape index (κ2) is 8.64. The van der Waals surface area contributed by atoms with Crippen LogP contribution >= 0.6 is 0 Å². The van der Waals surface area contributed by atoms with Gasteiger partial charge in [-0.15, -0.1) is 0 Å². The van der Waals surface area contributed by atoms with Crippen molar-refractivity contribution in [3.8, 4) is 11.3 Å². The molecule has 2 unspecified atom stereocenters. The number of hydrogen-bond acceptors (Lipinski definition) is 4. The summed E-state index contributed by atoms with van der Waals surface area (Å²) in [5, 5.41) is 9.69. The molecule has 1 aliphatic heterocycles. The van der Waals surface area contributed by atoms with Crippen LogP contribution in [0.4, 0.5) is 5.69 Å². The highest BCUT2D eigenvalue weighted by Crippen LogP contribution is 2.27. The van der Waals surface area contributed by atoms with Gasteiger partial charge in [0.2, 0.25) is 10.0 Å². The zero-order valence-corrected chi connectivity index (χ0v) is 18.4. The standard InChI is InChI=1S/C23H26N4O3S/c1-16-11-17(2)15-27(14-16)31(29,30)21-8-4-6-19(13-21)23(28)25-20-7-3-5-18(12-20)22-9-10-24-26-22/h3-10,12-13,16-17H,11,14-15H2,1-2H3,(H,24,26)(H,25,28). The molecule has 4 rings (SSSR count). The average Bonchev–Trinajstić information content (AvgIpc) is 3.28. The maximum atomic E-state index is 13.2. The number of aromatic nitrogens is 2. The largest absolute Gasteiger partial charge is 0.322 e. The molecule has 0 saturated carbocycles. The van der Waals surface area contributed by atoms with Gasteiger partial charge in [0.05, 0.1) is 10.6 Å². The topological polar surface area (TPSA) is 95.2 Å². The zero-order chi connectivity index (χ0) is 22.0. The van der Waals surface area contributed by atoms with Crippen LogP contribution in [0.5, 0.6) is 0 Å². The molecule has 2 N–H and O–H groups in total. The van der Waals surface area contributed by atoms with Gasteiger partial charge in [-0.2, -0.15) is 9.40 Å². The maximum Gasteiger partial charge on any atom is 0.255 e. The first-order chi connectivity index (χ1) is 14.8. The molecule has 8 heteroatoms. The number of sulfonamides is 1. The molecule has 3 aromatic rings. The first-order valence-corrected chi connectivity index (χ1v) is 11.8. The molecule has 2 aromatic carbocycles. The number of nitrogens with one attached hydrogen (secondary N) is 2. The monoisotopic (exact) mass is 438 g/mol. The van der Waals surface area contributed by atoms with Crippen molar-refractivity contribution in [2.75, 3.05) is 18.4 Å². The summed E-state index contributed by atoms with van der Waals surface area (Å²) in [6, 6.07) is 15.5. The zero-order valence-electron chi connectivity index (χ0n) is 17.6. The Morgan fingerprint density at radius 1 is 1.06 bits per heavy atom. The van der Waals surface area contributed by atoms with Crippen molar-refractivity contribution in [1.82, 2.24) is 14.5 Å². The van der Waals surface area contributed by atoms with Crippen molar-refractivity contribution < 1.29 is 13.2 Å². The molecule has 31 heavy (non-hydrogen) atoms. The molecular formula is C23H26N4O3S. The molecule has 1 fully saturated rings. The SMILES string of the molecule is CC1CC(C)CN(S(=O)(=O)c2cccc(C(=O)Nc3cccc(-c4ccn[nH]4)c3)c2)C1. The summed E-state index contributed by atoms with van der Waals surface area (Å²) in [6.07, 6.45) is 2.68. The van der Waals surface area contributed by atoms with Gasteiger partial charge < -0.3 is 5.32 Å². The lowest BCUT2D eigenvalue weighted by atomic mass is 9.94. The summed E-state index contributed by atoms with van der Waals surface area (Å²) in [5.41, 5.74) is 2.64. The Kier molecular flexibility index (Phi) is 5.93. The number of amides is 1.